The normalized spacial score (nSPS) is 17.5. The van der Waals surface area contributed by atoms with Crippen molar-refractivity contribution in [2.45, 2.75) is 26.5 Å². The van der Waals surface area contributed by atoms with Gasteiger partial charge in [0.05, 0.1) is 28.9 Å². The average molecular weight is 459 g/mol. The zero-order chi connectivity index (χ0) is 22.0. The van der Waals surface area contributed by atoms with Crippen molar-refractivity contribution in [2.24, 2.45) is 4.99 Å². The second kappa shape index (κ2) is 9.16. The van der Waals surface area contributed by atoms with Crippen LogP contribution in [-0.4, -0.2) is 22.6 Å². The van der Waals surface area contributed by atoms with Crippen LogP contribution < -0.4 is 4.74 Å². The predicted octanol–water partition coefficient (Wildman–Crippen LogP) is 5.83. The Morgan fingerprint density at radius 2 is 2.13 bits per heavy atom. The molecule has 2 aromatic carbocycles. The minimum absolute atomic E-state index is 0.190. The predicted molar refractivity (Wildman–Crippen MR) is 120 cm³/mol. The van der Waals surface area contributed by atoms with Crippen LogP contribution in [0.5, 0.6) is 5.75 Å². The third-order valence-electron chi connectivity index (χ3n) is 4.87. The topological polar surface area (TPSA) is 51.1 Å². The molecule has 0 spiro atoms. The summed E-state index contributed by atoms with van der Waals surface area (Å²) < 4.78 is 24.5. The van der Waals surface area contributed by atoms with Crippen LogP contribution in [0.3, 0.4) is 0 Å². The second-order valence-corrected chi connectivity index (χ2v) is 8.22. The van der Waals surface area contributed by atoms with Gasteiger partial charge in [-0.25, -0.2) is 14.2 Å². The zero-order valence-electron chi connectivity index (χ0n) is 17.0. The maximum Gasteiger partial charge on any atom is 0.338 e. The molecule has 2 heterocycles. The number of hydrogen-bond acceptors (Lipinski definition) is 6. The molecule has 0 aromatic heterocycles. The van der Waals surface area contributed by atoms with Crippen LogP contribution in [0, 0.1) is 5.82 Å². The third kappa shape index (κ3) is 4.48. The first-order chi connectivity index (χ1) is 15.0. The molecule has 8 heteroatoms. The van der Waals surface area contributed by atoms with Gasteiger partial charge >= 0.3 is 5.97 Å². The first kappa shape index (κ1) is 21.5. The number of thioether (sulfide) groups is 1. The number of carbonyl (C=O) groups excluding carboxylic acids is 1. The maximum absolute atomic E-state index is 13.4. The number of amidine groups is 1. The Bertz CT molecular complexity index is 1120. The van der Waals surface area contributed by atoms with E-state index in [1.165, 1.54) is 23.9 Å². The molecule has 4 rings (SSSR count). The fourth-order valence-electron chi connectivity index (χ4n) is 3.49. The standard InChI is InChI=1S/C23H20ClFN2O3S/c1-3-29-22(28)20-14(2)26-23-27(9-10-31-23)21(20)16-7-8-19(18(24)12-16)30-13-15-5-4-6-17(25)11-15/h4-12,21H,3,13H2,1-2H3/t21-/m0/s1. The molecule has 0 saturated heterocycles. The molecular formula is C23H20ClFN2O3S. The second-order valence-electron chi connectivity index (χ2n) is 6.94. The molecule has 1 atom stereocenters. The van der Waals surface area contributed by atoms with E-state index < -0.39 is 12.0 Å². The highest BCUT2D eigenvalue weighted by Crippen LogP contribution is 2.42. The van der Waals surface area contributed by atoms with E-state index in [9.17, 15) is 9.18 Å². The molecule has 31 heavy (non-hydrogen) atoms. The van der Waals surface area contributed by atoms with Crippen LogP contribution in [-0.2, 0) is 16.1 Å². The number of carbonyl (C=O) groups is 1. The minimum atomic E-state index is -0.410. The molecule has 5 nitrogen and oxygen atoms in total. The fraction of sp³-hybridized carbons (Fsp3) is 0.217. The molecule has 0 aliphatic carbocycles. The number of fused-ring (bicyclic) bond motifs is 1. The number of hydrogen-bond donors (Lipinski definition) is 0. The largest absolute Gasteiger partial charge is 0.487 e. The van der Waals surface area contributed by atoms with Gasteiger partial charge in [-0.15, -0.1) is 0 Å². The Morgan fingerprint density at radius 3 is 2.87 bits per heavy atom. The van der Waals surface area contributed by atoms with Gasteiger partial charge < -0.3 is 14.4 Å². The van der Waals surface area contributed by atoms with Gasteiger partial charge in [-0.3, -0.25) is 0 Å². The number of allylic oxidation sites excluding steroid dienone is 1. The number of esters is 1. The minimum Gasteiger partial charge on any atom is -0.487 e. The lowest BCUT2D eigenvalue weighted by Gasteiger charge is -2.33. The molecule has 0 unspecified atom stereocenters. The van der Waals surface area contributed by atoms with Gasteiger partial charge in [0.1, 0.15) is 18.2 Å². The lowest BCUT2D eigenvalue weighted by Crippen LogP contribution is -2.34. The van der Waals surface area contributed by atoms with E-state index in [4.69, 9.17) is 21.1 Å². The number of halogens is 2. The van der Waals surface area contributed by atoms with Crippen molar-refractivity contribution in [2.75, 3.05) is 6.61 Å². The first-order valence-corrected chi connectivity index (χ1v) is 11.0. The van der Waals surface area contributed by atoms with E-state index in [0.717, 1.165) is 10.7 Å². The number of rotatable bonds is 6. The van der Waals surface area contributed by atoms with Crippen molar-refractivity contribution in [1.82, 2.24) is 4.90 Å². The summed E-state index contributed by atoms with van der Waals surface area (Å²) in [6.45, 7) is 4.04. The highest BCUT2D eigenvalue weighted by Gasteiger charge is 2.37. The molecule has 0 bridgehead atoms. The van der Waals surface area contributed by atoms with Crippen LogP contribution in [0.1, 0.15) is 31.0 Å². The van der Waals surface area contributed by atoms with E-state index in [1.54, 1.807) is 38.1 Å². The SMILES string of the molecule is CCOC(=O)C1=C(C)N=C2SC=CN2[C@H]1c1ccc(OCc2cccc(F)c2)c(Cl)c1. The van der Waals surface area contributed by atoms with Crippen molar-refractivity contribution >= 4 is 34.5 Å². The molecule has 2 aliphatic heterocycles. The average Bonchev–Trinajstić information content (AvgIpc) is 3.20. The molecule has 0 amide bonds. The number of aliphatic imine (C=N–C) groups is 1. The van der Waals surface area contributed by atoms with Crippen LogP contribution in [0.15, 0.2) is 70.3 Å². The van der Waals surface area contributed by atoms with E-state index >= 15 is 0 Å². The van der Waals surface area contributed by atoms with Crippen LogP contribution in [0.2, 0.25) is 5.02 Å². The Labute approximate surface area is 189 Å². The summed E-state index contributed by atoms with van der Waals surface area (Å²) in [5.74, 6) is -0.243. The van der Waals surface area contributed by atoms with Gasteiger partial charge in [-0.05, 0) is 54.6 Å². The smallest absolute Gasteiger partial charge is 0.338 e. The zero-order valence-corrected chi connectivity index (χ0v) is 18.5. The summed E-state index contributed by atoms with van der Waals surface area (Å²) in [7, 11) is 0. The fourth-order valence-corrected chi connectivity index (χ4v) is 4.53. The Kier molecular flexibility index (Phi) is 6.34. The number of nitrogens with zero attached hydrogens (tertiary/aromatic N) is 2. The van der Waals surface area contributed by atoms with Crippen LogP contribution >= 0.6 is 23.4 Å². The summed E-state index contributed by atoms with van der Waals surface area (Å²) in [4.78, 5) is 19.2. The quantitative estimate of drug-likeness (QED) is 0.510. The Hall–Kier alpha value is -2.77. The first-order valence-electron chi connectivity index (χ1n) is 9.73. The lowest BCUT2D eigenvalue weighted by molar-refractivity contribution is -0.139. The van der Waals surface area contributed by atoms with Crippen molar-refractivity contribution in [3.63, 3.8) is 0 Å². The number of ether oxygens (including phenoxy) is 2. The van der Waals surface area contributed by atoms with Crippen LogP contribution in [0.25, 0.3) is 0 Å². The van der Waals surface area contributed by atoms with Crippen LogP contribution in [0.4, 0.5) is 4.39 Å². The van der Waals surface area contributed by atoms with Crippen molar-refractivity contribution in [3.05, 3.63) is 87.3 Å². The summed E-state index contributed by atoms with van der Waals surface area (Å²) in [6.07, 6.45) is 1.89. The van der Waals surface area contributed by atoms with E-state index in [-0.39, 0.29) is 19.0 Å². The maximum atomic E-state index is 13.4. The molecule has 2 aliphatic rings. The molecule has 0 fully saturated rings. The molecular weight excluding hydrogens is 439 g/mol. The molecule has 0 N–H and O–H groups in total. The van der Waals surface area contributed by atoms with E-state index in [2.05, 4.69) is 4.99 Å². The highest BCUT2D eigenvalue weighted by molar-refractivity contribution is 8.16. The number of benzene rings is 2. The van der Waals surface area contributed by atoms with Gasteiger partial charge in [-0.2, -0.15) is 0 Å². The lowest BCUT2D eigenvalue weighted by atomic mass is 9.94. The summed E-state index contributed by atoms with van der Waals surface area (Å²) in [6, 6.07) is 11.2. The summed E-state index contributed by atoms with van der Waals surface area (Å²) in [5.41, 5.74) is 2.61. The van der Waals surface area contributed by atoms with Crippen molar-refractivity contribution in [1.29, 1.82) is 0 Å². The van der Waals surface area contributed by atoms with Gasteiger partial charge in [-0.1, -0.05) is 41.6 Å². The van der Waals surface area contributed by atoms with Gasteiger partial charge in [0.2, 0.25) is 0 Å². The van der Waals surface area contributed by atoms with Crippen molar-refractivity contribution < 1.29 is 18.7 Å². The summed E-state index contributed by atoms with van der Waals surface area (Å²) >= 11 is 8.00. The molecule has 0 saturated carbocycles. The van der Waals surface area contributed by atoms with E-state index in [0.29, 0.717) is 27.6 Å². The van der Waals surface area contributed by atoms with Gasteiger partial charge in [0.15, 0.2) is 5.17 Å². The molecule has 2 aromatic rings. The Balaban J connectivity index is 1.62. The summed E-state index contributed by atoms with van der Waals surface area (Å²) in [5, 5.41) is 3.11. The third-order valence-corrected chi connectivity index (χ3v) is 5.94. The molecule has 0 radical (unpaired) electrons. The Morgan fingerprint density at radius 1 is 1.29 bits per heavy atom. The highest BCUT2D eigenvalue weighted by atomic mass is 35.5. The molecule has 160 valence electrons. The van der Waals surface area contributed by atoms with Crippen molar-refractivity contribution in [3.8, 4) is 5.75 Å². The van der Waals surface area contributed by atoms with E-state index in [1.807, 2.05) is 22.6 Å². The van der Waals surface area contributed by atoms with Gasteiger partial charge in [0, 0.05) is 6.20 Å². The van der Waals surface area contributed by atoms with Gasteiger partial charge in [0.25, 0.3) is 0 Å². The monoisotopic (exact) mass is 458 g/mol.